The Bertz CT molecular complexity index is 198. The van der Waals surface area contributed by atoms with Crippen molar-refractivity contribution in [2.45, 2.75) is 40.0 Å². The van der Waals surface area contributed by atoms with E-state index in [2.05, 4.69) is 20.8 Å². The fraction of sp³-hybridized carbons (Fsp3) is 0.909. The Morgan fingerprint density at radius 2 is 2.15 bits per heavy atom. The molecule has 1 aliphatic rings. The number of hydrogen-bond donors (Lipinski definition) is 0. The van der Waals surface area contributed by atoms with Crippen LogP contribution in [0.2, 0.25) is 0 Å². The highest BCUT2D eigenvalue weighted by molar-refractivity contribution is 5.77. The van der Waals surface area contributed by atoms with Crippen LogP contribution in [0.15, 0.2) is 0 Å². The van der Waals surface area contributed by atoms with E-state index in [9.17, 15) is 4.79 Å². The quantitative estimate of drug-likeness (QED) is 0.617. The summed E-state index contributed by atoms with van der Waals surface area (Å²) in [5, 5.41) is 0. The van der Waals surface area contributed by atoms with Crippen LogP contribution in [-0.4, -0.2) is 13.1 Å². The van der Waals surface area contributed by atoms with Crippen molar-refractivity contribution in [3.05, 3.63) is 0 Å². The lowest BCUT2D eigenvalue weighted by Crippen LogP contribution is -2.34. The highest BCUT2D eigenvalue weighted by atomic mass is 16.5. The zero-order valence-corrected chi connectivity index (χ0v) is 9.09. The molecule has 13 heavy (non-hydrogen) atoms. The second-order valence-electron chi connectivity index (χ2n) is 4.65. The molecule has 0 amide bonds. The van der Waals surface area contributed by atoms with E-state index < -0.39 is 0 Å². The number of methoxy groups -OCH3 is 1. The maximum atomic E-state index is 11.7. The molecule has 0 heterocycles. The van der Waals surface area contributed by atoms with E-state index in [1.165, 1.54) is 7.11 Å². The highest BCUT2D eigenvalue weighted by Crippen LogP contribution is 2.47. The first kappa shape index (κ1) is 10.6. The minimum atomic E-state index is -0.186. The van der Waals surface area contributed by atoms with E-state index in [1.807, 2.05) is 0 Å². The van der Waals surface area contributed by atoms with E-state index in [-0.39, 0.29) is 11.4 Å². The maximum absolute atomic E-state index is 11.7. The third-order valence-corrected chi connectivity index (χ3v) is 3.49. The van der Waals surface area contributed by atoms with Crippen LogP contribution < -0.4 is 0 Å². The summed E-state index contributed by atoms with van der Waals surface area (Å²) in [5.74, 6) is 1.05. The third-order valence-electron chi connectivity index (χ3n) is 3.49. The number of rotatable bonds is 2. The van der Waals surface area contributed by atoms with Crippen LogP contribution in [0.5, 0.6) is 0 Å². The van der Waals surface area contributed by atoms with Crippen molar-refractivity contribution in [1.82, 2.24) is 0 Å². The molecule has 2 heteroatoms. The molecule has 1 fully saturated rings. The lowest BCUT2D eigenvalue weighted by Gasteiger charge is -2.30. The fourth-order valence-electron chi connectivity index (χ4n) is 2.48. The number of ether oxygens (including phenoxy) is 1. The van der Waals surface area contributed by atoms with Gasteiger partial charge in [-0.3, -0.25) is 4.79 Å². The molecule has 0 aromatic carbocycles. The Kier molecular flexibility index (Phi) is 2.99. The van der Waals surface area contributed by atoms with Gasteiger partial charge in [-0.1, -0.05) is 20.8 Å². The van der Waals surface area contributed by atoms with Gasteiger partial charge in [-0.15, -0.1) is 0 Å². The van der Waals surface area contributed by atoms with Crippen LogP contribution in [0.25, 0.3) is 0 Å². The molecule has 0 aromatic rings. The Labute approximate surface area is 80.7 Å². The Morgan fingerprint density at radius 1 is 1.54 bits per heavy atom. The van der Waals surface area contributed by atoms with E-state index in [4.69, 9.17) is 4.74 Å². The first-order valence-corrected chi connectivity index (χ1v) is 5.11. The molecule has 0 saturated heterocycles. The maximum Gasteiger partial charge on any atom is 0.312 e. The normalized spacial score (nSPS) is 33.8. The Balaban J connectivity index is 2.83. The molecule has 0 aromatic heterocycles. The summed E-state index contributed by atoms with van der Waals surface area (Å²) in [6.45, 7) is 6.46. The van der Waals surface area contributed by atoms with Gasteiger partial charge in [-0.05, 0) is 31.1 Å². The van der Waals surface area contributed by atoms with Crippen LogP contribution >= 0.6 is 0 Å². The predicted octanol–water partition coefficient (Wildman–Crippen LogP) is 2.62. The lowest BCUT2D eigenvalue weighted by molar-refractivity contribution is -0.155. The first-order chi connectivity index (χ1) is 6.03. The molecule has 2 nitrogen and oxygen atoms in total. The van der Waals surface area contributed by atoms with Crippen molar-refractivity contribution < 1.29 is 9.53 Å². The van der Waals surface area contributed by atoms with Gasteiger partial charge in [0.1, 0.15) is 0 Å². The molecule has 0 N–H and O–H groups in total. The smallest absolute Gasteiger partial charge is 0.312 e. The first-order valence-electron chi connectivity index (χ1n) is 5.11. The van der Waals surface area contributed by atoms with E-state index in [0.717, 1.165) is 19.3 Å². The van der Waals surface area contributed by atoms with Gasteiger partial charge in [0.25, 0.3) is 0 Å². The molecule has 0 spiro atoms. The standard InChI is InChI=1S/C11H20O2/c1-8(2)11(10(12)13-4)6-5-9(3)7-11/h8-9H,5-7H2,1-4H3/t9-,11+/m1/s1. The topological polar surface area (TPSA) is 26.3 Å². The highest BCUT2D eigenvalue weighted by Gasteiger charge is 2.47. The zero-order chi connectivity index (χ0) is 10.1. The van der Waals surface area contributed by atoms with Gasteiger partial charge < -0.3 is 4.74 Å². The third kappa shape index (κ3) is 1.72. The van der Waals surface area contributed by atoms with E-state index in [1.54, 1.807) is 0 Å². The second kappa shape index (κ2) is 3.69. The van der Waals surface area contributed by atoms with Crippen molar-refractivity contribution in [3.8, 4) is 0 Å². The van der Waals surface area contributed by atoms with E-state index in [0.29, 0.717) is 11.8 Å². The molecule has 1 saturated carbocycles. The summed E-state index contributed by atoms with van der Waals surface area (Å²) in [4.78, 5) is 11.7. The van der Waals surface area contributed by atoms with Crippen molar-refractivity contribution in [1.29, 1.82) is 0 Å². The minimum Gasteiger partial charge on any atom is -0.469 e. The Morgan fingerprint density at radius 3 is 2.46 bits per heavy atom. The summed E-state index contributed by atoms with van der Waals surface area (Å²) in [7, 11) is 1.50. The number of esters is 1. The van der Waals surface area contributed by atoms with Crippen LogP contribution in [-0.2, 0) is 9.53 Å². The van der Waals surface area contributed by atoms with Gasteiger partial charge in [-0.2, -0.15) is 0 Å². The SMILES string of the molecule is COC(=O)[C@@]1(C(C)C)CC[C@@H](C)C1. The summed E-state index contributed by atoms with van der Waals surface area (Å²) < 4.78 is 4.91. The van der Waals surface area contributed by atoms with Crippen LogP contribution in [0, 0.1) is 17.3 Å². The van der Waals surface area contributed by atoms with E-state index >= 15 is 0 Å². The average molecular weight is 184 g/mol. The number of carbonyl (C=O) groups excluding carboxylic acids is 1. The van der Waals surface area contributed by atoms with Crippen LogP contribution in [0.1, 0.15) is 40.0 Å². The molecule has 0 unspecified atom stereocenters. The number of hydrogen-bond acceptors (Lipinski definition) is 2. The predicted molar refractivity (Wildman–Crippen MR) is 52.3 cm³/mol. The van der Waals surface area contributed by atoms with Crippen molar-refractivity contribution >= 4 is 5.97 Å². The van der Waals surface area contributed by atoms with Crippen molar-refractivity contribution in [3.63, 3.8) is 0 Å². The Hall–Kier alpha value is -0.530. The fourth-order valence-corrected chi connectivity index (χ4v) is 2.48. The molecular formula is C11H20O2. The summed E-state index contributed by atoms with van der Waals surface area (Å²) >= 11 is 0. The molecule has 0 aliphatic heterocycles. The molecule has 2 atom stereocenters. The molecule has 76 valence electrons. The van der Waals surface area contributed by atoms with Crippen LogP contribution in [0.3, 0.4) is 0 Å². The van der Waals surface area contributed by atoms with Gasteiger partial charge in [0, 0.05) is 0 Å². The van der Waals surface area contributed by atoms with Gasteiger partial charge in [-0.25, -0.2) is 0 Å². The van der Waals surface area contributed by atoms with Crippen molar-refractivity contribution in [2.75, 3.05) is 7.11 Å². The minimum absolute atomic E-state index is 0.00755. The van der Waals surface area contributed by atoms with Gasteiger partial charge in [0.2, 0.25) is 0 Å². The molecule has 0 bridgehead atoms. The van der Waals surface area contributed by atoms with Gasteiger partial charge in [0.05, 0.1) is 12.5 Å². The summed E-state index contributed by atoms with van der Waals surface area (Å²) in [5.41, 5.74) is -0.186. The second-order valence-corrected chi connectivity index (χ2v) is 4.65. The summed E-state index contributed by atoms with van der Waals surface area (Å²) in [6, 6.07) is 0. The molecule has 0 radical (unpaired) electrons. The van der Waals surface area contributed by atoms with Gasteiger partial charge >= 0.3 is 5.97 Å². The lowest BCUT2D eigenvalue weighted by atomic mass is 9.75. The monoisotopic (exact) mass is 184 g/mol. The molecule has 1 aliphatic carbocycles. The van der Waals surface area contributed by atoms with Crippen LogP contribution in [0.4, 0.5) is 0 Å². The molecular weight excluding hydrogens is 164 g/mol. The largest absolute Gasteiger partial charge is 0.469 e. The molecule has 1 rings (SSSR count). The summed E-state index contributed by atoms with van der Waals surface area (Å²) in [6.07, 6.45) is 3.16. The van der Waals surface area contributed by atoms with Crippen molar-refractivity contribution in [2.24, 2.45) is 17.3 Å². The number of carbonyl (C=O) groups is 1. The van der Waals surface area contributed by atoms with Gasteiger partial charge in [0.15, 0.2) is 0 Å². The average Bonchev–Trinajstić information content (AvgIpc) is 2.47. The zero-order valence-electron chi connectivity index (χ0n) is 9.09.